The topological polar surface area (TPSA) is 194 Å². The number of anilines is 4. The van der Waals surface area contributed by atoms with Crippen LogP contribution in [-0.4, -0.2) is 112 Å². The lowest BCUT2D eigenvalue weighted by atomic mass is 9.59. The lowest BCUT2D eigenvalue weighted by Crippen LogP contribution is -2.54. The number of H-pyrrole nitrogens is 1. The number of nitrogens with zero attached hydrogens (tertiary/aromatic N) is 5. The summed E-state index contributed by atoms with van der Waals surface area (Å²) in [5, 5.41) is 16.4. The lowest BCUT2D eigenvalue weighted by Gasteiger charge is -2.56. The van der Waals surface area contributed by atoms with Gasteiger partial charge in [-0.15, -0.1) is 0 Å². The molecule has 2 aromatic heterocycles. The van der Waals surface area contributed by atoms with Crippen molar-refractivity contribution in [3.05, 3.63) is 106 Å². The SMILES string of the molecule is C=C(C)c1ccccc1[C@@H]1CCCN1C1CC2(CCN(c3ccc(C(=O)NS(=O)(=O)c4cc5c(c([N+](=O)[O-])c4)N[C@H]([C@H]4COCCO4)CO5)c(N4CCCOc5nc6[nH]ccc6cc54)c3)CC2)C1. The molecule has 6 aliphatic rings. The van der Waals surface area contributed by atoms with Crippen LogP contribution in [0.15, 0.2) is 84.4 Å². The molecule has 5 aliphatic heterocycles. The summed E-state index contributed by atoms with van der Waals surface area (Å²) < 4.78 is 53.9. The molecule has 17 nitrogen and oxygen atoms in total. The highest BCUT2D eigenvalue weighted by Gasteiger charge is 2.50. The second kappa shape index (κ2) is 17.7. The molecule has 356 valence electrons. The Morgan fingerprint density at radius 3 is 2.57 bits per heavy atom. The standard InChI is InChI=1S/C50H56N8O9S/c1-31(2)36-7-3-4-8-37(36)40-9-5-16-56(40)34-27-50(28-34)13-18-55(19-14-50)33-10-11-38(41(24-33)57-17-6-20-66-49-43(57)23-32-12-15-51-47(32)53-49)48(59)54-68(62,63)35-25-42(58(60)61)46-44(26-35)67-29-39(52-46)45-30-64-21-22-65-45/h3-4,7-8,10-12,15,23-26,34,39-40,45,52H,1,5-6,9,13-14,16-22,27-30H2,2H3,(H,51,53)(H,54,59)/t39-,40-,45+/m0/s1. The van der Waals surface area contributed by atoms with Gasteiger partial charge in [0.1, 0.15) is 24.0 Å². The summed E-state index contributed by atoms with van der Waals surface area (Å²) >= 11 is 0. The summed E-state index contributed by atoms with van der Waals surface area (Å²) in [5.74, 6) is -0.531. The highest BCUT2D eigenvalue weighted by molar-refractivity contribution is 7.90. The van der Waals surface area contributed by atoms with Gasteiger partial charge in [-0.1, -0.05) is 36.4 Å². The average molecular weight is 945 g/mol. The van der Waals surface area contributed by atoms with E-state index in [1.54, 1.807) is 12.3 Å². The van der Waals surface area contributed by atoms with Gasteiger partial charge < -0.3 is 39.0 Å². The number of nitro groups is 1. The van der Waals surface area contributed by atoms with Gasteiger partial charge >= 0.3 is 0 Å². The Hall–Kier alpha value is -6.21. The Labute approximate surface area is 395 Å². The molecular formula is C50H56N8O9S. The molecular weight excluding hydrogens is 889 g/mol. The summed E-state index contributed by atoms with van der Waals surface area (Å²) in [6.07, 6.45) is 8.81. The van der Waals surface area contributed by atoms with E-state index in [9.17, 15) is 23.3 Å². The predicted octanol–water partition coefficient (Wildman–Crippen LogP) is 7.72. The minimum Gasteiger partial charge on any atom is -0.489 e. The first-order valence-corrected chi connectivity index (χ1v) is 25.2. The number of carbonyl (C=O) groups is 1. The Bertz CT molecular complexity index is 2900. The molecule has 1 spiro atoms. The fraction of sp³-hybridized carbons (Fsp3) is 0.440. The quantitative estimate of drug-likeness (QED) is 0.0910. The van der Waals surface area contributed by atoms with Gasteiger partial charge in [0.15, 0.2) is 11.4 Å². The molecule has 0 unspecified atom stereocenters. The van der Waals surface area contributed by atoms with Gasteiger partial charge in [-0.2, -0.15) is 4.98 Å². The third-order valence-corrected chi connectivity index (χ3v) is 16.3. The van der Waals surface area contributed by atoms with Gasteiger partial charge in [-0.3, -0.25) is 19.8 Å². The van der Waals surface area contributed by atoms with Crippen LogP contribution < -0.4 is 29.3 Å². The molecule has 0 radical (unpaired) electrons. The van der Waals surface area contributed by atoms with Gasteiger partial charge in [0.2, 0.25) is 5.88 Å². The first-order chi connectivity index (χ1) is 32.9. The number of allylic oxidation sites excluding steroid dienone is 1. The number of benzene rings is 3. The first-order valence-electron chi connectivity index (χ1n) is 23.7. The Balaban J connectivity index is 0.857. The number of aromatic amines is 1. The number of fused-ring (bicyclic) bond motifs is 3. The third-order valence-electron chi connectivity index (χ3n) is 15.0. The van der Waals surface area contributed by atoms with Crippen molar-refractivity contribution in [2.45, 2.75) is 81.0 Å². The van der Waals surface area contributed by atoms with E-state index in [1.165, 1.54) is 42.9 Å². The number of sulfonamides is 1. The van der Waals surface area contributed by atoms with E-state index >= 15 is 0 Å². The van der Waals surface area contributed by atoms with Crippen molar-refractivity contribution in [2.24, 2.45) is 5.41 Å². The predicted molar refractivity (Wildman–Crippen MR) is 258 cm³/mol. The largest absolute Gasteiger partial charge is 0.489 e. The number of nitro benzene ring substituents is 1. The highest BCUT2D eigenvalue weighted by Crippen LogP contribution is 2.54. The van der Waals surface area contributed by atoms with E-state index in [-0.39, 0.29) is 35.6 Å². The second-order valence-corrected chi connectivity index (χ2v) is 20.8. The number of nitrogens with one attached hydrogen (secondary N) is 3. The zero-order valence-electron chi connectivity index (χ0n) is 38.1. The zero-order chi connectivity index (χ0) is 46.7. The van der Waals surface area contributed by atoms with Gasteiger partial charge in [-0.05, 0) is 105 Å². The number of aromatic nitrogens is 2. The molecule has 11 rings (SSSR count). The number of hydrogen-bond acceptors (Lipinski definition) is 14. The molecule has 1 saturated carbocycles. The maximum absolute atomic E-state index is 14.5. The molecule has 1 aliphatic carbocycles. The minimum atomic E-state index is -4.68. The molecule has 7 heterocycles. The van der Waals surface area contributed by atoms with Crippen LogP contribution in [0, 0.1) is 15.5 Å². The van der Waals surface area contributed by atoms with Crippen LogP contribution in [0.1, 0.15) is 79.4 Å². The lowest BCUT2D eigenvalue weighted by molar-refractivity contribution is -0.384. The minimum absolute atomic E-state index is 0.0252. The van der Waals surface area contributed by atoms with Crippen LogP contribution in [0.3, 0.4) is 0 Å². The van der Waals surface area contributed by atoms with Crippen LogP contribution in [-0.2, 0) is 19.5 Å². The van der Waals surface area contributed by atoms with E-state index < -0.39 is 43.6 Å². The average Bonchev–Trinajstić information content (AvgIpc) is 3.97. The maximum Gasteiger partial charge on any atom is 0.297 e. The number of amides is 1. The number of ether oxygens (including phenoxy) is 4. The molecule has 3 saturated heterocycles. The summed E-state index contributed by atoms with van der Waals surface area (Å²) in [6, 6.07) is 20.8. The summed E-state index contributed by atoms with van der Waals surface area (Å²) in [6.45, 7) is 11.2. The van der Waals surface area contributed by atoms with Crippen LogP contribution in [0.5, 0.6) is 11.6 Å². The van der Waals surface area contributed by atoms with Crippen molar-refractivity contribution in [2.75, 3.05) is 74.3 Å². The normalized spacial score (nSPS) is 22.8. The van der Waals surface area contributed by atoms with Crippen LogP contribution in [0.4, 0.5) is 28.4 Å². The van der Waals surface area contributed by atoms with E-state index in [0.29, 0.717) is 67.8 Å². The van der Waals surface area contributed by atoms with Gasteiger partial charge in [0, 0.05) is 61.1 Å². The highest BCUT2D eigenvalue weighted by atomic mass is 32.2. The maximum atomic E-state index is 14.5. The molecule has 4 fully saturated rings. The Morgan fingerprint density at radius 2 is 1.78 bits per heavy atom. The fourth-order valence-electron chi connectivity index (χ4n) is 11.4. The molecule has 68 heavy (non-hydrogen) atoms. The first kappa shape index (κ1) is 44.3. The summed E-state index contributed by atoms with van der Waals surface area (Å²) in [4.78, 5) is 40.8. The molecule has 1 amide bonds. The molecule has 3 N–H and O–H groups in total. The summed E-state index contributed by atoms with van der Waals surface area (Å²) in [5.41, 5.74) is 6.38. The van der Waals surface area contributed by atoms with Crippen molar-refractivity contribution >= 4 is 61.0 Å². The van der Waals surface area contributed by atoms with Gasteiger partial charge in [-0.25, -0.2) is 13.1 Å². The van der Waals surface area contributed by atoms with Crippen molar-refractivity contribution in [1.29, 1.82) is 0 Å². The second-order valence-electron chi connectivity index (χ2n) is 19.1. The van der Waals surface area contributed by atoms with E-state index in [0.717, 1.165) is 55.2 Å². The number of rotatable bonds is 10. The van der Waals surface area contributed by atoms with Crippen molar-refractivity contribution in [1.82, 2.24) is 19.6 Å². The zero-order valence-corrected chi connectivity index (χ0v) is 38.9. The number of hydrogen-bond donors (Lipinski definition) is 3. The molecule has 0 bridgehead atoms. The third kappa shape index (κ3) is 8.20. The number of carbonyl (C=O) groups excluding carboxylic acids is 1. The molecule has 18 heteroatoms. The van der Waals surface area contributed by atoms with E-state index in [2.05, 4.69) is 62.6 Å². The van der Waals surface area contributed by atoms with Crippen molar-refractivity contribution in [3.63, 3.8) is 0 Å². The van der Waals surface area contributed by atoms with Crippen LogP contribution in [0.25, 0.3) is 16.6 Å². The van der Waals surface area contributed by atoms with Gasteiger partial charge in [0.05, 0.1) is 53.5 Å². The van der Waals surface area contributed by atoms with Crippen molar-refractivity contribution < 1.29 is 37.1 Å². The van der Waals surface area contributed by atoms with Crippen LogP contribution in [0.2, 0.25) is 0 Å². The summed E-state index contributed by atoms with van der Waals surface area (Å²) in [7, 11) is -4.68. The number of likely N-dealkylation sites (tertiary alicyclic amines) is 1. The smallest absolute Gasteiger partial charge is 0.297 e. The van der Waals surface area contributed by atoms with E-state index in [1.807, 2.05) is 29.2 Å². The molecule has 3 aromatic carbocycles. The molecule has 3 atom stereocenters. The fourth-order valence-corrected chi connectivity index (χ4v) is 12.4. The molecule has 5 aromatic rings. The Kier molecular flexibility index (Phi) is 11.5. The van der Waals surface area contributed by atoms with Gasteiger partial charge in [0.25, 0.3) is 21.6 Å². The monoisotopic (exact) mass is 944 g/mol. The van der Waals surface area contributed by atoms with Crippen LogP contribution >= 0.6 is 0 Å². The van der Waals surface area contributed by atoms with Crippen molar-refractivity contribution in [3.8, 4) is 11.6 Å². The van der Waals surface area contributed by atoms with E-state index in [4.69, 9.17) is 23.9 Å². The Morgan fingerprint density at radius 1 is 0.941 bits per heavy atom. The number of piperidine rings is 1. The number of pyridine rings is 1.